The Kier molecular flexibility index (Phi) is 3.55. The molecule has 0 spiro atoms. The number of amides is 1. The van der Waals surface area contributed by atoms with E-state index < -0.39 is 23.4 Å². The Bertz CT molecular complexity index is 466. The van der Waals surface area contributed by atoms with Gasteiger partial charge in [-0.2, -0.15) is 13.2 Å². The molecule has 1 amide bonds. The van der Waals surface area contributed by atoms with Gasteiger partial charge in [0.2, 0.25) is 5.78 Å². The minimum absolute atomic E-state index is 0.0139. The normalized spacial score (nSPS) is 11.1. The van der Waals surface area contributed by atoms with Gasteiger partial charge >= 0.3 is 6.18 Å². The molecule has 0 aliphatic heterocycles. The molecule has 3 nitrogen and oxygen atoms in total. The molecule has 92 valence electrons. The van der Waals surface area contributed by atoms with E-state index >= 15 is 0 Å². The summed E-state index contributed by atoms with van der Waals surface area (Å²) in [6.45, 7) is 2.58. The lowest BCUT2D eigenvalue weighted by Gasteiger charge is -2.11. The molecule has 0 saturated heterocycles. The number of hydrogen-bond acceptors (Lipinski definition) is 2. The summed E-state index contributed by atoms with van der Waals surface area (Å²) in [5.74, 6) is -1.70. The molecule has 0 atom stereocenters. The summed E-state index contributed by atoms with van der Waals surface area (Å²) < 4.78 is 37.2. The predicted molar refractivity (Wildman–Crippen MR) is 55.5 cm³/mol. The number of halogens is 3. The van der Waals surface area contributed by atoms with Gasteiger partial charge in [-0.1, -0.05) is 6.07 Å². The van der Waals surface area contributed by atoms with Crippen molar-refractivity contribution in [3.63, 3.8) is 0 Å². The Balaban J connectivity index is 3.07. The van der Waals surface area contributed by atoms with Crippen LogP contribution in [0.3, 0.4) is 0 Å². The van der Waals surface area contributed by atoms with Crippen LogP contribution in [0.1, 0.15) is 18.1 Å². The highest BCUT2D eigenvalue weighted by atomic mass is 19.4. The zero-order valence-corrected chi connectivity index (χ0v) is 9.18. The molecular formula is C11H10F3NO2. The summed E-state index contributed by atoms with van der Waals surface area (Å²) >= 11 is 0. The number of rotatable bonds is 2. The number of anilines is 1. The van der Waals surface area contributed by atoms with Crippen LogP contribution in [0.5, 0.6) is 0 Å². The summed E-state index contributed by atoms with van der Waals surface area (Å²) in [5.41, 5.74) is -0.436. The van der Waals surface area contributed by atoms with Crippen LogP contribution in [0.2, 0.25) is 0 Å². The van der Waals surface area contributed by atoms with Crippen molar-refractivity contribution < 1.29 is 22.8 Å². The van der Waals surface area contributed by atoms with Gasteiger partial charge in [0, 0.05) is 12.6 Å². The van der Waals surface area contributed by atoms with Gasteiger partial charge in [-0.05, 0) is 24.6 Å². The number of benzene rings is 1. The van der Waals surface area contributed by atoms with Crippen molar-refractivity contribution in [1.82, 2.24) is 0 Å². The first-order valence-corrected chi connectivity index (χ1v) is 4.71. The molecule has 0 aliphatic carbocycles. The van der Waals surface area contributed by atoms with E-state index in [0.29, 0.717) is 5.56 Å². The fraction of sp³-hybridized carbons (Fsp3) is 0.273. The van der Waals surface area contributed by atoms with Gasteiger partial charge in [0.15, 0.2) is 0 Å². The lowest BCUT2D eigenvalue weighted by Crippen LogP contribution is -2.20. The number of Topliss-reactive ketones (excluding diaryl/α,β-unsaturated/α-hetero) is 1. The van der Waals surface area contributed by atoms with Crippen LogP contribution in [0, 0.1) is 6.92 Å². The van der Waals surface area contributed by atoms with Crippen molar-refractivity contribution in [3.8, 4) is 0 Å². The highest BCUT2D eigenvalue weighted by Gasteiger charge is 2.31. The van der Waals surface area contributed by atoms with E-state index in [4.69, 9.17) is 0 Å². The Morgan fingerprint density at radius 1 is 1.24 bits per heavy atom. The van der Waals surface area contributed by atoms with E-state index in [0.717, 1.165) is 19.1 Å². The molecule has 0 saturated carbocycles. The van der Waals surface area contributed by atoms with E-state index in [1.807, 2.05) is 0 Å². The van der Waals surface area contributed by atoms with Crippen LogP contribution in [0.4, 0.5) is 18.9 Å². The number of carbonyl (C=O) groups excluding carboxylic acids is 2. The van der Waals surface area contributed by atoms with Crippen molar-refractivity contribution >= 4 is 17.4 Å². The second-order valence-corrected chi connectivity index (χ2v) is 3.54. The van der Waals surface area contributed by atoms with Crippen molar-refractivity contribution in [2.45, 2.75) is 20.0 Å². The molecule has 0 radical (unpaired) electrons. The van der Waals surface area contributed by atoms with E-state index in [1.165, 1.54) is 13.0 Å². The molecular weight excluding hydrogens is 235 g/mol. The first kappa shape index (κ1) is 13.2. The van der Waals surface area contributed by atoms with Crippen LogP contribution in [0.15, 0.2) is 18.2 Å². The highest BCUT2D eigenvalue weighted by Crippen LogP contribution is 2.31. The summed E-state index contributed by atoms with van der Waals surface area (Å²) in [7, 11) is 0. The van der Waals surface area contributed by atoms with Gasteiger partial charge in [0.25, 0.3) is 5.91 Å². The number of nitrogens with one attached hydrogen (secondary N) is 1. The number of alkyl halides is 3. The summed E-state index contributed by atoms with van der Waals surface area (Å²) in [6.07, 6.45) is -4.48. The lowest BCUT2D eigenvalue weighted by atomic mass is 10.1. The van der Waals surface area contributed by atoms with E-state index in [9.17, 15) is 22.8 Å². The van der Waals surface area contributed by atoms with Crippen LogP contribution in [-0.4, -0.2) is 11.7 Å². The molecule has 1 rings (SSSR count). The van der Waals surface area contributed by atoms with Gasteiger partial charge in [0.1, 0.15) is 0 Å². The van der Waals surface area contributed by atoms with Crippen LogP contribution < -0.4 is 5.32 Å². The maximum absolute atomic E-state index is 12.4. The summed E-state index contributed by atoms with van der Waals surface area (Å²) in [6, 6.07) is 2.95. The van der Waals surface area contributed by atoms with E-state index in [-0.39, 0.29) is 5.69 Å². The minimum Gasteiger partial charge on any atom is -0.319 e. The standard InChI is InChI=1S/C11H10F3NO2/c1-6-3-4-8(11(12,13)14)5-9(6)15-10(17)7(2)16/h3-5H,1-2H3,(H,15,17). The highest BCUT2D eigenvalue weighted by molar-refractivity contribution is 6.39. The summed E-state index contributed by atoms with van der Waals surface area (Å²) in [5, 5.41) is 2.13. The molecule has 0 aromatic heterocycles. The zero-order chi connectivity index (χ0) is 13.2. The van der Waals surface area contributed by atoms with E-state index in [2.05, 4.69) is 5.32 Å². The number of aryl methyl sites for hydroxylation is 1. The zero-order valence-electron chi connectivity index (χ0n) is 9.18. The third-order valence-corrected chi connectivity index (χ3v) is 2.13. The largest absolute Gasteiger partial charge is 0.416 e. The maximum atomic E-state index is 12.4. The number of ketones is 1. The molecule has 1 aromatic carbocycles. The Morgan fingerprint density at radius 2 is 1.82 bits per heavy atom. The summed E-state index contributed by atoms with van der Waals surface area (Å²) in [4.78, 5) is 21.8. The molecule has 1 aromatic rings. The molecule has 0 heterocycles. The Labute approximate surface area is 95.6 Å². The first-order chi connectivity index (χ1) is 7.71. The molecule has 0 unspecified atom stereocenters. The van der Waals surface area contributed by atoms with Crippen LogP contribution in [-0.2, 0) is 15.8 Å². The third kappa shape index (κ3) is 3.30. The van der Waals surface area contributed by atoms with Crippen molar-refractivity contribution in [2.75, 3.05) is 5.32 Å². The van der Waals surface area contributed by atoms with E-state index in [1.54, 1.807) is 0 Å². The fourth-order valence-electron chi connectivity index (χ4n) is 1.14. The topological polar surface area (TPSA) is 46.2 Å². The van der Waals surface area contributed by atoms with Gasteiger partial charge < -0.3 is 5.32 Å². The van der Waals surface area contributed by atoms with Gasteiger partial charge in [0.05, 0.1) is 5.56 Å². The second kappa shape index (κ2) is 4.57. The van der Waals surface area contributed by atoms with Crippen molar-refractivity contribution in [3.05, 3.63) is 29.3 Å². The molecule has 1 N–H and O–H groups in total. The molecule has 6 heteroatoms. The lowest BCUT2D eigenvalue weighted by molar-refractivity contribution is -0.137. The third-order valence-electron chi connectivity index (χ3n) is 2.13. The van der Waals surface area contributed by atoms with Crippen molar-refractivity contribution in [1.29, 1.82) is 0 Å². The maximum Gasteiger partial charge on any atom is 0.416 e. The average molecular weight is 245 g/mol. The van der Waals surface area contributed by atoms with Crippen LogP contribution >= 0.6 is 0 Å². The monoisotopic (exact) mass is 245 g/mol. The molecule has 0 fully saturated rings. The predicted octanol–water partition coefficient (Wildman–Crippen LogP) is 2.54. The van der Waals surface area contributed by atoms with Gasteiger partial charge in [-0.15, -0.1) is 0 Å². The Hall–Kier alpha value is -1.85. The molecule has 0 aliphatic rings. The van der Waals surface area contributed by atoms with Gasteiger partial charge in [-0.3, -0.25) is 9.59 Å². The first-order valence-electron chi connectivity index (χ1n) is 4.71. The SMILES string of the molecule is CC(=O)C(=O)Nc1cc(C(F)(F)F)ccc1C. The minimum atomic E-state index is -4.48. The Morgan fingerprint density at radius 3 is 2.29 bits per heavy atom. The molecule has 0 bridgehead atoms. The van der Waals surface area contributed by atoms with Gasteiger partial charge in [-0.25, -0.2) is 0 Å². The smallest absolute Gasteiger partial charge is 0.319 e. The second-order valence-electron chi connectivity index (χ2n) is 3.54. The quantitative estimate of drug-likeness (QED) is 0.814. The molecule has 17 heavy (non-hydrogen) atoms. The average Bonchev–Trinajstić information content (AvgIpc) is 2.19. The van der Waals surface area contributed by atoms with Crippen molar-refractivity contribution in [2.24, 2.45) is 0 Å². The fourth-order valence-corrected chi connectivity index (χ4v) is 1.14. The van der Waals surface area contributed by atoms with Crippen LogP contribution in [0.25, 0.3) is 0 Å². The number of carbonyl (C=O) groups is 2. The number of hydrogen-bond donors (Lipinski definition) is 1.